The average molecular weight is 285 g/mol. The maximum Gasteiger partial charge on any atom is 0.321 e. The number of aromatic nitrogens is 1. The van der Waals surface area contributed by atoms with Crippen molar-refractivity contribution < 1.29 is 14.7 Å². The minimum atomic E-state index is -0.864. The van der Waals surface area contributed by atoms with Gasteiger partial charge in [0.2, 0.25) is 0 Å². The van der Waals surface area contributed by atoms with Crippen molar-refractivity contribution in [1.29, 1.82) is 0 Å². The number of nitrogens with zero attached hydrogens (tertiary/aromatic N) is 1. The van der Waals surface area contributed by atoms with E-state index in [1.807, 2.05) is 0 Å². The number of anilines is 1. The van der Waals surface area contributed by atoms with Crippen molar-refractivity contribution >= 4 is 28.5 Å². The van der Waals surface area contributed by atoms with Gasteiger partial charge >= 0.3 is 12.0 Å². The maximum absolute atomic E-state index is 11.5. The van der Waals surface area contributed by atoms with Gasteiger partial charge in [-0.15, -0.1) is 11.3 Å². The van der Waals surface area contributed by atoms with Gasteiger partial charge in [-0.1, -0.05) is 20.8 Å². The second-order valence-corrected chi connectivity index (χ2v) is 6.19. The molecule has 0 aliphatic rings. The molecule has 0 unspecified atom stereocenters. The van der Waals surface area contributed by atoms with Gasteiger partial charge in [0, 0.05) is 24.0 Å². The third-order valence-electron chi connectivity index (χ3n) is 2.32. The van der Waals surface area contributed by atoms with Crippen LogP contribution in [-0.2, 0) is 10.2 Å². The summed E-state index contributed by atoms with van der Waals surface area (Å²) < 4.78 is 0. The highest BCUT2D eigenvalue weighted by molar-refractivity contribution is 7.15. The van der Waals surface area contributed by atoms with Gasteiger partial charge in [-0.05, 0) is 11.8 Å². The summed E-state index contributed by atoms with van der Waals surface area (Å²) in [5.41, 5.74) is 0.00948. The predicted molar refractivity (Wildman–Crippen MR) is 74.7 cm³/mol. The molecule has 19 heavy (non-hydrogen) atoms. The molecule has 3 N–H and O–H groups in total. The zero-order chi connectivity index (χ0) is 14.5. The molecule has 6 nitrogen and oxygen atoms in total. The number of urea groups is 1. The Morgan fingerprint density at radius 2 is 2.11 bits per heavy atom. The van der Waals surface area contributed by atoms with Crippen molar-refractivity contribution in [3.05, 3.63) is 11.1 Å². The van der Waals surface area contributed by atoms with Gasteiger partial charge in [-0.25, -0.2) is 9.78 Å². The highest BCUT2D eigenvalue weighted by atomic mass is 32.1. The lowest BCUT2D eigenvalue weighted by Crippen LogP contribution is -2.29. The van der Waals surface area contributed by atoms with E-state index >= 15 is 0 Å². The van der Waals surface area contributed by atoms with Gasteiger partial charge in [0.15, 0.2) is 5.13 Å². The molecule has 0 atom stereocenters. The second-order valence-electron chi connectivity index (χ2n) is 5.16. The molecule has 2 amide bonds. The number of carbonyl (C=O) groups is 2. The number of nitrogens with one attached hydrogen (secondary N) is 2. The van der Waals surface area contributed by atoms with E-state index in [1.165, 1.54) is 11.3 Å². The Bertz CT molecular complexity index is 451. The summed E-state index contributed by atoms with van der Waals surface area (Å²) in [4.78, 5) is 27.0. The Labute approximate surface area is 116 Å². The van der Waals surface area contributed by atoms with Crippen LogP contribution in [-0.4, -0.2) is 28.6 Å². The lowest BCUT2D eigenvalue weighted by Gasteiger charge is -2.14. The van der Waals surface area contributed by atoms with Crippen molar-refractivity contribution in [2.75, 3.05) is 11.9 Å². The smallest absolute Gasteiger partial charge is 0.321 e. The van der Waals surface area contributed by atoms with Crippen molar-refractivity contribution in [1.82, 2.24) is 10.3 Å². The van der Waals surface area contributed by atoms with Gasteiger partial charge in [-0.2, -0.15) is 0 Å². The Morgan fingerprint density at radius 1 is 1.42 bits per heavy atom. The normalized spacial score (nSPS) is 11.1. The van der Waals surface area contributed by atoms with E-state index in [4.69, 9.17) is 5.11 Å². The van der Waals surface area contributed by atoms with Crippen LogP contribution in [0.2, 0.25) is 0 Å². The summed E-state index contributed by atoms with van der Waals surface area (Å²) in [6.45, 7) is 6.57. The fourth-order valence-electron chi connectivity index (χ4n) is 1.26. The first-order valence-electron chi connectivity index (χ1n) is 6.02. The van der Waals surface area contributed by atoms with Gasteiger partial charge in [-0.3, -0.25) is 10.1 Å². The Kier molecular flexibility index (Phi) is 5.29. The zero-order valence-electron chi connectivity index (χ0n) is 11.3. The van der Waals surface area contributed by atoms with E-state index in [-0.39, 0.29) is 17.9 Å². The Hall–Kier alpha value is -1.63. The first-order valence-corrected chi connectivity index (χ1v) is 6.83. The molecule has 106 valence electrons. The number of carboxylic acids is 1. The molecule has 0 saturated heterocycles. The molecule has 1 aromatic rings. The van der Waals surface area contributed by atoms with Gasteiger partial charge in [0.05, 0.1) is 0 Å². The molecule has 0 aromatic carbocycles. The van der Waals surface area contributed by atoms with Crippen molar-refractivity contribution in [3.8, 4) is 0 Å². The van der Waals surface area contributed by atoms with Crippen LogP contribution in [0.25, 0.3) is 0 Å². The number of carbonyl (C=O) groups excluding carboxylic acids is 1. The lowest BCUT2D eigenvalue weighted by molar-refractivity contribution is -0.137. The van der Waals surface area contributed by atoms with Crippen LogP contribution in [0.3, 0.4) is 0 Å². The van der Waals surface area contributed by atoms with Crippen LogP contribution in [0, 0.1) is 0 Å². The SMILES string of the molecule is CC(C)(C)c1cnc(NC(=O)NCCCC(=O)O)s1. The summed E-state index contributed by atoms with van der Waals surface area (Å²) in [5.74, 6) is -0.864. The van der Waals surface area contributed by atoms with E-state index in [0.717, 1.165) is 4.88 Å². The number of amides is 2. The van der Waals surface area contributed by atoms with Crippen LogP contribution in [0.5, 0.6) is 0 Å². The topological polar surface area (TPSA) is 91.3 Å². The number of rotatable bonds is 5. The minimum Gasteiger partial charge on any atom is -0.481 e. The van der Waals surface area contributed by atoms with Crippen LogP contribution < -0.4 is 10.6 Å². The van der Waals surface area contributed by atoms with Gasteiger partial charge in [0.1, 0.15) is 0 Å². The van der Waals surface area contributed by atoms with Crippen LogP contribution in [0.15, 0.2) is 6.20 Å². The molecule has 0 aliphatic heterocycles. The van der Waals surface area contributed by atoms with E-state index in [2.05, 4.69) is 36.4 Å². The molecule has 7 heteroatoms. The number of carboxylic acid groups (broad SMARTS) is 1. The summed E-state index contributed by atoms with van der Waals surface area (Å²) >= 11 is 1.44. The van der Waals surface area contributed by atoms with Gasteiger partial charge < -0.3 is 10.4 Å². The largest absolute Gasteiger partial charge is 0.481 e. The molecular weight excluding hydrogens is 266 g/mol. The quantitative estimate of drug-likeness (QED) is 0.724. The molecule has 0 radical (unpaired) electrons. The fourth-order valence-corrected chi connectivity index (χ4v) is 2.13. The predicted octanol–water partition coefficient (Wildman–Crippen LogP) is 2.43. The first-order chi connectivity index (χ1) is 8.79. The number of thiazole rings is 1. The summed E-state index contributed by atoms with van der Waals surface area (Å²) in [6.07, 6.45) is 2.21. The molecule has 0 spiro atoms. The maximum atomic E-state index is 11.5. The van der Waals surface area contributed by atoms with E-state index < -0.39 is 5.97 Å². The standard InChI is InChI=1S/C12H19N3O3S/c1-12(2,3)8-7-14-11(19-8)15-10(18)13-6-4-5-9(16)17/h7H,4-6H2,1-3H3,(H,16,17)(H2,13,14,15,18). The fraction of sp³-hybridized carbons (Fsp3) is 0.583. The monoisotopic (exact) mass is 285 g/mol. The summed E-state index contributed by atoms with van der Waals surface area (Å²) in [5, 5.41) is 14.2. The molecule has 1 heterocycles. The van der Waals surface area contributed by atoms with E-state index in [9.17, 15) is 9.59 Å². The van der Waals surface area contributed by atoms with E-state index in [0.29, 0.717) is 18.1 Å². The van der Waals surface area contributed by atoms with Crippen LogP contribution in [0.4, 0.5) is 9.93 Å². The van der Waals surface area contributed by atoms with Crippen molar-refractivity contribution in [3.63, 3.8) is 0 Å². The molecule has 0 bridgehead atoms. The molecule has 1 rings (SSSR count). The number of hydrogen-bond acceptors (Lipinski definition) is 4. The van der Waals surface area contributed by atoms with Crippen molar-refractivity contribution in [2.45, 2.75) is 39.0 Å². The third-order valence-corrected chi connectivity index (χ3v) is 3.66. The summed E-state index contributed by atoms with van der Waals surface area (Å²) in [6, 6.07) is -0.361. The molecule has 0 aliphatic carbocycles. The Balaban J connectivity index is 2.36. The molecule has 0 saturated carbocycles. The van der Waals surface area contributed by atoms with Crippen molar-refractivity contribution in [2.24, 2.45) is 0 Å². The number of aliphatic carboxylic acids is 1. The summed E-state index contributed by atoms with van der Waals surface area (Å²) in [7, 11) is 0. The zero-order valence-corrected chi connectivity index (χ0v) is 12.1. The van der Waals surface area contributed by atoms with Crippen LogP contribution >= 0.6 is 11.3 Å². The van der Waals surface area contributed by atoms with Gasteiger partial charge in [0.25, 0.3) is 0 Å². The lowest BCUT2D eigenvalue weighted by atomic mass is 9.96. The highest BCUT2D eigenvalue weighted by Gasteiger charge is 2.17. The molecule has 1 aromatic heterocycles. The first kappa shape index (κ1) is 15.4. The third kappa shape index (κ3) is 5.69. The molecule has 0 fully saturated rings. The number of hydrogen-bond donors (Lipinski definition) is 3. The average Bonchev–Trinajstić information content (AvgIpc) is 2.72. The Morgan fingerprint density at radius 3 is 2.63 bits per heavy atom. The highest BCUT2D eigenvalue weighted by Crippen LogP contribution is 2.29. The minimum absolute atomic E-state index is 0.00948. The van der Waals surface area contributed by atoms with Crippen LogP contribution in [0.1, 0.15) is 38.5 Å². The van der Waals surface area contributed by atoms with E-state index in [1.54, 1.807) is 6.20 Å². The second kappa shape index (κ2) is 6.51. The molecular formula is C12H19N3O3S.